The predicted molar refractivity (Wildman–Crippen MR) is 109 cm³/mol. The van der Waals surface area contributed by atoms with E-state index in [-0.39, 0.29) is 0 Å². The predicted octanol–water partition coefficient (Wildman–Crippen LogP) is 4.27. The van der Waals surface area contributed by atoms with Crippen LogP contribution in [0.5, 0.6) is 0 Å². The van der Waals surface area contributed by atoms with Crippen molar-refractivity contribution in [2.45, 2.75) is 57.5 Å². The van der Waals surface area contributed by atoms with Crippen LogP contribution in [0.3, 0.4) is 0 Å². The van der Waals surface area contributed by atoms with Crippen molar-refractivity contribution in [2.75, 3.05) is 6.54 Å². The van der Waals surface area contributed by atoms with Gasteiger partial charge in [-0.2, -0.15) is 5.10 Å². The Hall–Kier alpha value is -2.53. The minimum atomic E-state index is 0.584. The number of nitrogens with zero attached hydrogens (tertiary/aromatic N) is 5. The minimum Gasteiger partial charge on any atom is -0.294 e. The first-order valence-corrected chi connectivity index (χ1v) is 10.5. The molecule has 1 aliphatic carbocycles. The molecule has 1 aromatic carbocycles. The first kappa shape index (κ1) is 17.6. The van der Waals surface area contributed by atoms with Gasteiger partial charge in [-0.25, -0.2) is 14.6 Å². The van der Waals surface area contributed by atoms with Crippen molar-refractivity contribution >= 4 is 0 Å². The second-order valence-corrected chi connectivity index (χ2v) is 8.12. The molecule has 5 nitrogen and oxygen atoms in total. The maximum atomic E-state index is 4.97. The Labute approximate surface area is 166 Å². The Kier molecular flexibility index (Phi) is 4.92. The normalized spacial score (nSPS) is 18.1. The van der Waals surface area contributed by atoms with Gasteiger partial charge >= 0.3 is 0 Å². The van der Waals surface area contributed by atoms with Crippen LogP contribution in [0.15, 0.2) is 48.9 Å². The molecule has 28 heavy (non-hydrogen) atoms. The second kappa shape index (κ2) is 7.84. The molecule has 1 fully saturated rings. The number of fused-ring (bicyclic) bond motifs is 1. The number of aromatic nitrogens is 4. The molecule has 0 amide bonds. The molecule has 3 aromatic rings. The molecule has 0 radical (unpaired) electrons. The smallest absolute Gasteiger partial charge is 0.131 e. The Morgan fingerprint density at radius 1 is 1.00 bits per heavy atom. The molecule has 0 N–H and O–H groups in total. The zero-order valence-corrected chi connectivity index (χ0v) is 16.3. The third-order valence-electron chi connectivity index (χ3n) is 6.06. The zero-order chi connectivity index (χ0) is 18.8. The van der Waals surface area contributed by atoms with Crippen molar-refractivity contribution in [1.29, 1.82) is 0 Å². The summed E-state index contributed by atoms with van der Waals surface area (Å²) in [5.41, 5.74) is 4.90. The SMILES string of the molecule is c1ccc(-n2cc(CN3CCc4nc(C5CCCCC5)ncc4C3)cn2)cc1. The summed E-state index contributed by atoms with van der Waals surface area (Å²) in [6.45, 7) is 2.89. The summed E-state index contributed by atoms with van der Waals surface area (Å²) in [7, 11) is 0. The molecule has 0 saturated heterocycles. The molecule has 5 heteroatoms. The number of para-hydroxylation sites is 1. The van der Waals surface area contributed by atoms with E-state index >= 15 is 0 Å². The van der Waals surface area contributed by atoms with Gasteiger partial charge in [-0.1, -0.05) is 37.5 Å². The maximum Gasteiger partial charge on any atom is 0.131 e. The van der Waals surface area contributed by atoms with Gasteiger partial charge in [-0.3, -0.25) is 4.90 Å². The fraction of sp³-hybridized carbons (Fsp3) is 0.435. The zero-order valence-electron chi connectivity index (χ0n) is 16.3. The molecule has 2 aliphatic rings. The Bertz CT molecular complexity index is 927. The molecule has 0 atom stereocenters. The van der Waals surface area contributed by atoms with Crippen LogP contribution < -0.4 is 0 Å². The van der Waals surface area contributed by atoms with E-state index in [0.29, 0.717) is 5.92 Å². The minimum absolute atomic E-state index is 0.584. The van der Waals surface area contributed by atoms with Crippen molar-refractivity contribution < 1.29 is 0 Å². The van der Waals surface area contributed by atoms with E-state index in [0.717, 1.165) is 37.6 Å². The van der Waals surface area contributed by atoms with Crippen molar-refractivity contribution in [2.24, 2.45) is 0 Å². The summed E-state index contributed by atoms with van der Waals surface area (Å²) < 4.78 is 1.95. The first-order chi connectivity index (χ1) is 13.8. The summed E-state index contributed by atoms with van der Waals surface area (Å²) >= 11 is 0. The van der Waals surface area contributed by atoms with Crippen LogP contribution in [0.1, 0.15) is 60.7 Å². The van der Waals surface area contributed by atoms with E-state index in [1.807, 2.05) is 29.1 Å². The third-order valence-corrected chi connectivity index (χ3v) is 6.06. The van der Waals surface area contributed by atoms with Crippen LogP contribution >= 0.6 is 0 Å². The van der Waals surface area contributed by atoms with Gasteiger partial charge in [0.05, 0.1) is 11.9 Å². The lowest BCUT2D eigenvalue weighted by atomic mass is 9.88. The molecular weight excluding hydrogens is 346 g/mol. The molecular formula is C23H27N5. The maximum absolute atomic E-state index is 4.97. The molecule has 0 bridgehead atoms. The lowest BCUT2D eigenvalue weighted by molar-refractivity contribution is 0.242. The van der Waals surface area contributed by atoms with Crippen molar-refractivity contribution in [3.05, 3.63) is 71.6 Å². The molecule has 0 unspecified atom stereocenters. The van der Waals surface area contributed by atoms with E-state index in [4.69, 9.17) is 9.97 Å². The second-order valence-electron chi connectivity index (χ2n) is 8.12. The molecule has 1 saturated carbocycles. The fourth-order valence-electron chi connectivity index (χ4n) is 4.50. The average molecular weight is 374 g/mol. The monoisotopic (exact) mass is 373 g/mol. The van der Waals surface area contributed by atoms with Crippen LogP contribution in [-0.4, -0.2) is 31.2 Å². The van der Waals surface area contributed by atoms with E-state index in [2.05, 4.69) is 34.5 Å². The largest absolute Gasteiger partial charge is 0.294 e. The summed E-state index contributed by atoms with van der Waals surface area (Å²) in [5, 5.41) is 4.52. The molecule has 3 heterocycles. The highest BCUT2D eigenvalue weighted by atomic mass is 15.3. The summed E-state index contributed by atoms with van der Waals surface area (Å²) in [4.78, 5) is 12.2. The highest BCUT2D eigenvalue weighted by molar-refractivity contribution is 5.31. The van der Waals surface area contributed by atoms with Crippen molar-refractivity contribution in [3.63, 3.8) is 0 Å². The van der Waals surface area contributed by atoms with Crippen LogP contribution in [-0.2, 0) is 19.5 Å². The highest BCUT2D eigenvalue weighted by Crippen LogP contribution is 2.31. The molecule has 2 aromatic heterocycles. The molecule has 5 rings (SSSR count). The van der Waals surface area contributed by atoms with Gasteiger partial charge in [-0.15, -0.1) is 0 Å². The number of hydrogen-bond acceptors (Lipinski definition) is 4. The molecule has 144 valence electrons. The third kappa shape index (κ3) is 3.72. The summed E-state index contributed by atoms with van der Waals surface area (Å²) in [5.74, 6) is 1.68. The van der Waals surface area contributed by atoms with Crippen LogP contribution in [0, 0.1) is 0 Å². The quantitative estimate of drug-likeness (QED) is 0.685. The summed E-state index contributed by atoms with van der Waals surface area (Å²) in [6, 6.07) is 10.3. The van der Waals surface area contributed by atoms with Gasteiger partial charge in [0, 0.05) is 61.2 Å². The van der Waals surface area contributed by atoms with Crippen LogP contribution in [0.25, 0.3) is 5.69 Å². The Balaban J connectivity index is 1.25. The molecule has 0 spiro atoms. The van der Waals surface area contributed by atoms with Gasteiger partial charge in [0.2, 0.25) is 0 Å². The van der Waals surface area contributed by atoms with Crippen LogP contribution in [0.4, 0.5) is 0 Å². The van der Waals surface area contributed by atoms with Crippen molar-refractivity contribution in [3.8, 4) is 5.69 Å². The lowest BCUT2D eigenvalue weighted by Gasteiger charge is -2.28. The average Bonchev–Trinajstić information content (AvgIpc) is 3.23. The van der Waals surface area contributed by atoms with Gasteiger partial charge in [-0.05, 0) is 25.0 Å². The van der Waals surface area contributed by atoms with Gasteiger partial charge in [0.25, 0.3) is 0 Å². The number of rotatable bonds is 4. The van der Waals surface area contributed by atoms with Gasteiger partial charge in [0.15, 0.2) is 0 Å². The number of hydrogen-bond donors (Lipinski definition) is 0. The highest BCUT2D eigenvalue weighted by Gasteiger charge is 2.23. The van der Waals surface area contributed by atoms with E-state index < -0.39 is 0 Å². The van der Waals surface area contributed by atoms with E-state index in [9.17, 15) is 0 Å². The van der Waals surface area contributed by atoms with E-state index in [1.165, 1.54) is 48.9 Å². The summed E-state index contributed by atoms with van der Waals surface area (Å²) in [6.07, 6.45) is 13.8. The fourth-order valence-corrected chi connectivity index (χ4v) is 4.50. The van der Waals surface area contributed by atoms with Crippen molar-refractivity contribution in [1.82, 2.24) is 24.6 Å². The standard InChI is InChI=1S/C23H27N5/c1-3-7-19(8-4-1)23-24-14-20-17-27(12-11-22(20)26-23)15-18-13-25-28(16-18)21-9-5-2-6-10-21/h2,5-6,9-10,13-14,16,19H,1,3-4,7-8,11-12,15,17H2. The van der Waals surface area contributed by atoms with Gasteiger partial charge < -0.3 is 0 Å². The van der Waals surface area contributed by atoms with E-state index in [1.54, 1.807) is 0 Å². The Morgan fingerprint density at radius 2 is 1.86 bits per heavy atom. The number of benzene rings is 1. The lowest BCUT2D eigenvalue weighted by Crippen LogP contribution is -2.31. The van der Waals surface area contributed by atoms with Crippen LogP contribution in [0.2, 0.25) is 0 Å². The first-order valence-electron chi connectivity index (χ1n) is 10.5. The van der Waals surface area contributed by atoms with Gasteiger partial charge in [0.1, 0.15) is 5.82 Å². The Morgan fingerprint density at radius 3 is 2.71 bits per heavy atom. The topological polar surface area (TPSA) is 46.8 Å². The molecule has 1 aliphatic heterocycles.